The minimum absolute atomic E-state index is 0.505. The maximum atomic E-state index is 5.41. The summed E-state index contributed by atoms with van der Waals surface area (Å²) in [5.41, 5.74) is 0.505. The van der Waals surface area contributed by atoms with Gasteiger partial charge in [0.25, 0.3) is 0 Å². The van der Waals surface area contributed by atoms with E-state index in [-0.39, 0.29) is 0 Å². The van der Waals surface area contributed by atoms with Crippen molar-refractivity contribution in [1.82, 2.24) is 5.32 Å². The summed E-state index contributed by atoms with van der Waals surface area (Å²) in [6.07, 6.45) is 7.15. The third kappa shape index (κ3) is 1.70. The second-order valence-electron chi connectivity index (χ2n) is 5.75. The lowest BCUT2D eigenvalue weighted by Gasteiger charge is -2.30. The largest absolute Gasteiger partial charge is 0.384 e. The molecule has 0 bridgehead atoms. The number of hydrogen-bond donors (Lipinski definition) is 1. The fourth-order valence-electron chi connectivity index (χ4n) is 3.27. The maximum Gasteiger partial charge on any atom is 0.0531 e. The monoisotopic (exact) mass is 195 g/mol. The van der Waals surface area contributed by atoms with Gasteiger partial charge in [-0.25, -0.2) is 0 Å². The summed E-state index contributed by atoms with van der Waals surface area (Å²) in [4.78, 5) is 0. The average Bonchev–Trinajstić information content (AvgIpc) is 3.05. The lowest BCUT2D eigenvalue weighted by Crippen LogP contribution is -2.37. The van der Waals surface area contributed by atoms with Gasteiger partial charge >= 0.3 is 0 Å². The van der Waals surface area contributed by atoms with Gasteiger partial charge in [0.1, 0.15) is 0 Å². The fraction of sp³-hybridized carbons (Fsp3) is 1.00. The first-order chi connectivity index (χ1) is 6.81. The van der Waals surface area contributed by atoms with Crippen molar-refractivity contribution in [2.45, 2.75) is 38.1 Å². The smallest absolute Gasteiger partial charge is 0.0531 e. The summed E-state index contributed by atoms with van der Waals surface area (Å²) < 4.78 is 5.41. The quantitative estimate of drug-likeness (QED) is 0.722. The van der Waals surface area contributed by atoms with Crippen LogP contribution in [0.1, 0.15) is 32.1 Å². The molecule has 0 heterocycles. The van der Waals surface area contributed by atoms with E-state index < -0.39 is 0 Å². The zero-order valence-electron chi connectivity index (χ0n) is 9.09. The third-order valence-corrected chi connectivity index (χ3v) is 4.25. The second-order valence-corrected chi connectivity index (χ2v) is 5.75. The van der Waals surface area contributed by atoms with Crippen LogP contribution in [0.25, 0.3) is 0 Å². The molecule has 0 aromatic heterocycles. The summed E-state index contributed by atoms with van der Waals surface area (Å²) in [6, 6.07) is 0.848. The Bertz CT molecular complexity index is 214. The van der Waals surface area contributed by atoms with Crippen molar-refractivity contribution in [2.24, 2.45) is 17.3 Å². The number of ether oxygens (including phenoxy) is 1. The molecule has 0 radical (unpaired) electrons. The van der Waals surface area contributed by atoms with Crippen LogP contribution in [0, 0.1) is 17.3 Å². The molecule has 0 aromatic rings. The summed E-state index contributed by atoms with van der Waals surface area (Å²) in [5, 5.41) is 3.69. The fourth-order valence-corrected chi connectivity index (χ4v) is 3.27. The third-order valence-electron chi connectivity index (χ3n) is 4.25. The maximum absolute atomic E-state index is 5.41. The van der Waals surface area contributed by atoms with E-state index in [1.807, 2.05) is 7.11 Å². The SMILES string of the molecule is COCC1(CNC2CC2)CC2CC2C1. The Morgan fingerprint density at radius 2 is 2.00 bits per heavy atom. The molecule has 1 N–H and O–H groups in total. The predicted octanol–water partition coefficient (Wildman–Crippen LogP) is 1.80. The summed E-state index contributed by atoms with van der Waals surface area (Å²) in [7, 11) is 1.85. The van der Waals surface area contributed by atoms with Crippen molar-refractivity contribution in [2.75, 3.05) is 20.3 Å². The van der Waals surface area contributed by atoms with Crippen molar-refractivity contribution < 1.29 is 4.74 Å². The van der Waals surface area contributed by atoms with Crippen LogP contribution in [-0.4, -0.2) is 26.3 Å². The minimum Gasteiger partial charge on any atom is -0.384 e. The molecule has 3 aliphatic rings. The molecular weight excluding hydrogens is 174 g/mol. The van der Waals surface area contributed by atoms with Crippen molar-refractivity contribution in [3.8, 4) is 0 Å². The lowest BCUT2D eigenvalue weighted by atomic mass is 9.83. The van der Waals surface area contributed by atoms with E-state index >= 15 is 0 Å². The van der Waals surface area contributed by atoms with Crippen LogP contribution in [0.3, 0.4) is 0 Å². The summed E-state index contributed by atoms with van der Waals surface area (Å²) in [5.74, 6) is 2.12. The number of methoxy groups -OCH3 is 1. The molecule has 0 saturated heterocycles. The van der Waals surface area contributed by atoms with Crippen LogP contribution in [0.5, 0.6) is 0 Å². The van der Waals surface area contributed by atoms with Gasteiger partial charge in [0.05, 0.1) is 6.61 Å². The first kappa shape index (κ1) is 9.17. The van der Waals surface area contributed by atoms with Crippen LogP contribution in [0.2, 0.25) is 0 Å². The molecule has 2 unspecified atom stereocenters. The summed E-state index contributed by atoms with van der Waals surface area (Å²) in [6.45, 7) is 2.18. The Morgan fingerprint density at radius 3 is 2.57 bits per heavy atom. The van der Waals surface area contributed by atoms with E-state index in [9.17, 15) is 0 Å². The Balaban J connectivity index is 1.56. The Labute approximate surface area is 86.4 Å². The van der Waals surface area contributed by atoms with Gasteiger partial charge in [0.15, 0.2) is 0 Å². The van der Waals surface area contributed by atoms with Crippen LogP contribution in [0.15, 0.2) is 0 Å². The second kappa shape index (κ2) is 3.21. The van der Waals surface area contributed by atoms with Crippen molar-refractivity contribution >= 4 is 0 Å². The highest BCUT2D eigenvalue weighted by Crippen LogP contribution is 2.59. The zero-order valence-corrected chi connectivity index (χ0v) is 9.09. The zero-order chi connectivity index (χ0) is 9.60. The van der Waals surface area contributed by atoms with Gasteiger partial charge < -0.3 is 10.1 Å². The van der Waals surface area contributed by atoms with Gasteiger partial charge in [-0.15, -0.1) is 0 Å². The lowest BCUT2D eigenvalue weighted by molar-refractivity contribution is 0.0730. The Morgan fingerprint density at radius 1 is 1.29 bits per heavy atom. The number of rotatable bonds is 5. The first-order valence-electron chi connectivity index (χ1n) is 6.04. The van der Waals surface area contributed by atoms with E-state index in [4.69, 9.17) is 4.74 Å². The van der Waals surface area contributed by atoms with Crippen LogP contribution in [0.4, 0.5) is 0 Å². The van der Waals surface area contributed by atoms with Gasteiger partial charge in [-0.05, 0) is 43.9 Å². The highest BCUT2D eigenvalue weighted by Gasteiger charge is 2.53. The minimum atomic E-state index is 0.505. The van der Waals surface area contributed by atoms with Gasteiger partial charge in [0, 0.05) is 25.1 Å². The predicted molar refractivity (Wildman–Crippen MR) is 56.2 cm³/mol. The van der Waals surface area contributed by atoms with Gasteiger partial charge in [-0.2, -0.15) is 0 Å². The van der Waals surface area contributed by atoms with Crippen molar-refractivity contribution in [3.63, 3.8) is 0 Å². The molecule has 2 atom stereocenters. The van der Waals surface area contributed by atoms with Gasteiger partial charge in [0.2, 0.25) is 0 Å². The van der Waals surface area contributed by atoms with E-state index in [1.165, 1.54) is 38.6 Å². The number of hydrogen-bond acceptors (Lipinski definition) is 2. The molecular formula is C12H21NO. The molecule has 2 nitrogen and oxygen atoms in total. The van der Waals surface area contributed by atoms with Gasteiger partial charge in [-0.1, -0.05) is 0 Å². The summed E-state index contributed by atoms with van der Waals surface area (Å²) >= 11 is 0. The van der Waals surface area contributed by atoms with Gasteiger partial charge in [-0.3, -0.25) is 0 Å². The van der Waals surface area contributed by atoms with Crippen molar-refractivity contribution in [3.05, 3.63) is 0 Å². The molecule has 14 heavy (non-hydrogen) atoms. The number of nitrogens with one attached hydrogen (secondary N) is 1. The van der Waals surface area contributed by atoms with E-state index in [2.05, 4.69) is 5.32 Å². The van der Waals surface area contributed by atoms with E-state index in [0.717, 1.165) is 24.5 Å². The Hall–Kier alpha value is -0.0800. The van der Waals surface area contributed by atoms with E-state index in [0.29, 0.717) is 5.41 Å². The van der Waals surface area contributed by atoms with Crippen LogP contribution < -0.4 is 5.32 Å². The molecule has 3 rings (SSSR count). The molecule has 3 fully saturated rings. The highest BCUT2D eigenvalue weighted by molar-refractivity contribution is 5.04. The topological polar surface area (TPSA) is 21.3 Å². The normalized spacial score (nSPS) is 45.2. The standard InChI is InChI=1S/C12H21NO/c1-14-8-12(7-13-11-2-3-11)5-9-4-10(9)6-12/h9-11,13H,2-8H2,1H3. The van der Waals surface area contributed by atoms with Crippen molar-refractivity contribution in [1.29, 1.82) is 0 Å². The molecule has 0 amide bonds. The highest BCUT2D eigenvalue weighted by atomic mass is 16.5. The molecule has 0 aliphatic heterocycles. The van der Waals surface area contributed by atoms with Crippen LogP contribution >= 0.6 is 0 Å². The van der Waals surface area contributed by atoms with Crippen LogP contribution in [-0.2, 0) is 4.74 Å². The molecule has 0 aromatic carbocycles. The number of fused-ring (bicyclic) bond motifs is 1. The molecule has 3 aliphatic carbocycles. The molecule has 80 valence electrons. The average molecular weight is 195 g/mol. The molecule has 3 saturated carbocycles. The van der Waals surface area contributed by atoms with E-state index in [1.54, 1.807) is 0 Å². The molecule has 0 spiro atoms. The Kier molecular flexibility index (Phi) is 2.10. The first-order valence-corrected chi connectivity index (χ1v) is 6.04. The molecule has 2 heteroatoms.